The van der Waals surface area contributed by atoms with Crippen LogP contribution in [0.3, 0.4) is 0 Å². The second kappa shape index (κ2) is 12.3. The molecular formula is C68H40N4. The Balaban J connectivity index is 1.02. The minimum atomic E-state index is -0.130. The number of aromatic nitrogens is 2. The van der Waals surface area contributed by atoms with Gasteiger partial charge in [-0.05, 0) is 131 Å². The Hall–Kier alpha value is -8.96. The second-order valence-electron chi connectivity index (χ2n) is 22.3. The summed E-state index contributed by atoms with van der Waals surface area (Å²) in [5.41, 5.74) is 25.3. The summed E-state index contributed by atoms with van der Waals surface area (Å²) in [5.74, 6) is 0.00964. The topological polar surface area (TPSA) is 37.0 Å². The molecular weight excluding hydrogens is 873 g/mol. The first kappa shape index (κ1) is 37.9. The van der Waals surface area contributed by atoms with E-state index in [1.54, 1.807) is 0 Å². The lowest BCUT2D eigenvalue weighted by Crippen LogP contribution is -2.28. The van der Waals surface area contributed by atoms with E-state index in [4.69, 9.17) is 6.57 Å². The molecule has 0 radical (unpaired) electrons. The van der Waals surface area contributed by atoms with Gasteiger partial charge < -0.3 is 8.80 Å². The lowest BCUT2D eigenvalue weighted by Gasteiger charge is -2.43. The summed E-state index contributed by atoms with van der Waals surface area (Å²) < 4.78 is 5.05. The molecule has 10 aromatic carbocycles. The third kappa shape index (κ3) is 4.09. The van der Waals surface area contributed by atoms with E-state index in [1.807, 2.05) is 0 Å². The number of fused-ring (bicyclic) bond motifs is 14. The average molecular weight is 913 g/mol. The highest BCUT2D eigenvalue weighted by atomic mass is 14.9. The summed E-state index contributed by atoms with van der Waals surface area (Å²) in [4.78, 5) is 4.44. The average Bonchev–Trinajstić information content (AvgIpc) is 4.14. The molecule has 4 bridgehead atoms. The summed E-state index contributed by atoms with van der Waals surface area (Å²) in [6, 6.07) is 64.4. The predicted octanol–water partition coefficient (Wildman–Crippen LogP) is 16.8. The lowest BCUT2D eigenvalue weighted by atomic mass is 9.59. The van der Waals surface area contributed by atoms with E-state index in [0.717, 1.165) is 33.3 Å². The van der Waals surface area contributed by atoms with Gasteiger partial charge in [0.25, 0.3) is 0 Å². The van der Waals surface area contributed by atoms with Crippen LogP contribution in [0.5, 0.6) is 0 Å². The van der Waals surface area contributed by atoms with Gasteiger partial charge in [-0.25, -0.2) is 4.85 Å². The molecule has 332 valence electrons. The molecule has 0 atom stereocenters. The van der Waals surface area contributed by atoms with Gasteiger partial charge in [0.15, 0.2) is 5.69 Å². The first-order valence-corrected chi connectivity index (χ1v) is 25.4. The molecule has 14 aromatic rings. The molecule has 0 spiro atoms. The Morgan fingerprint density at radius 2 is 0.889 bits per heavy atom. The van der Waals surface area contributed by atoms with Crippen LogP contribution in [0.15, 0.2) is 164 Å². The third-order valence-electron chi connectivity index (χ3n) is 18.2. The van der Waals surface area contributed by atoms with Gasteiger partial charge in [-0.1, -0.05) is 142 Å². The zero-order valence-electron chi connectivity index (χ0n) is 39.7. The van der Waals surface area contributed by atoms with Crippen molar-refractivity contribution in [2.45, 2.75) is 49.9 Å². The highest BCUT2D eigenvalue weighted by molar-refractivity contribution is 6.34. The van der Waals surface area contributed by atoms with Gasteiger partial charge in [-0.3, -0.25) is 0 Å². The van der Waals surface area contributed by atoms with Crippen LogP contribution in [0, 0.1) is 17.9 Å². The van der Waals surface area contributed by atoms with Gasteiger partial charge in [-0.15, -0.1) is 0 Å². The van der Waals surface area contributed by atoms with Crippen LogP contribution < -0.4 is 0 Å². The summed E-state index contributed by atoms with van der Waals surface area (Å²) >= 11 is 0. The summed E-state index contributed by atoms with van der Waals surface area (Å²) in [5, 5.41) is 23.7. The molecule has 4 heterocycles. The van der Waals surface area contributed by atoms with Gasteiger partial charge in [0.05, 0.1) is 45.8 Å². The van der Waals surface area contributed by atoms with Crippen LogP contribution in [0.1, 0.15) is 122 Å². The minimum Gasteiger partial charge on any atom is -0.309 e. The van der Waals surface area contributed by atoms with E-state index in [9.17, 15) is 5.26 Å². The van der Waals surface area contributed by atoms with Crippen molar-refractivity contribution in [3.8, 4) is 6.07 Å². The molecule has 4 heteroatoms. The molecule has 4 nitrogen and oxygen atoms in total. The van der Waals surface area contributed by atoms with Crippen molar-refractivity contribution in [1.29, 1.82) is 5.26 Å². The Kier molecular flexibility index (Phi) is 6.47. The van der Waals surface area contributed by atoms with Crippen molar-refractivity contribution < 1.29 is 0 Å². The highest BCUT2D eigenvalue weighted by Gasteiger charge is 2.46. The largest absolute Gasteiger partial charge is 0.309 e. The maximum atomic E-state index is 11.3. The number of rotatable bonds is 0. The van der Waals surface area contributed by atoms with Gasteiger partial charge >= 0.3 is 0 Å². The number of nitrogens with zero attached hydrogens (tertiary/aromatic N) is 4. The maximum absolute atomic E-state index is 11.3. The predicted molar refractivity (Wildman–Crippen MR) is 292 cm³/mol. The van der Waals surface area contributed by atoms with Crippen LogP contribution >= 0.6 is 0 Å². The van der Waals surface area contributed by atoms with E-state index in [0.29, 0.717) is 0 Å². The zero-order chi connectivity index (χ0) is 47.4. The van der Waals surface area contributed by atoms with Crippen molar-refractivity contribution in [3.63, 3.8) is 0 Å². The number of benzene rings is 10. The Labute approximate surface area is 413 Å². The summed E-state index contributed by atoms with van der Waals surface area (Å²) in [7, 11) is 0. The van der Waals surface area contributed by atoms with Crippen molar-refractivity contribution >= 4 is 92.6 Å². The molecule has 0 fully saturated rings. The molecule has 72 heavy (non-hydrogen) atoms. The van der Waals surface area contributed by atoms with Crippen LogP contribution in [0.4, 0.5) is 5.69 Å². The molecule has 20 rings (SSSR count). The summed E-state index contributed by atoms with van der Waals surface area (Å²) in [6.07, 6.45) is 0. The molecule has 0 aliphatic heterocycles. The molecule has 0 amide bonds. The summed E-state index contributed by atoms with van der Waals surface area (Å²) in [6.45, 7) is 15.9. The first-order chi connectivity index (χ1) is 35.3. The van der Waals surface area contributed by atoms with Crippen molar-refractivity contribution in [2.24, 2.45) is 0 Å². The van der Waals surface area contributed by atoms with Crippen molar-refractivity contribution in [3.05, 3.63) is 253 Å². The molecule has 0 N–H and O–H groups in total. The third-order valence-corrected chi connectivity index (χ3v) is 18.2. The fraction of sp³-hybridized carbons (Fsp3) is 0.118. The van der Waals surface area contributed by atoms with E-state index in [1.165, 1.54) is 137 Å². The first-order valence-electron chi connectivity index (χ1n) is 25.4. The van der Waals surface area contributed by atoms with Crippen molar-refractivity contribution in [1.82, 2.24) is 8.80 Å². The van der Waals surface area contributed by atoms with Gasteiger partial charge in [0.2, 0.25) is 0 Å². The van der Waals surface area contributed by atoms with Crippen LogP contribution in [-0.2, 0) is 5.41 Å². The highest BCUT2D eigenvalue weighted by Crippen LogP contribution is 2.63. The molecule has 4 aromatic heterocycles. The monoisotopic (exact) mass is 912 g/mol. The van der Waals surface area contributed by atoms with Gasteiger partial charge in [0, 0.05) is 72.3 Å². The van der Waals surface area contributed by atoms with Gasteiger partial charge in [0.1, 0.15) is 0 Å². The normalized spacial score (nSPS) is 18.2. The second-order valence-corrected chi connectivity index (χ2v) is 22.3. The van der Waals surface area contributed by atoms with Crippen LogP contribution in [-0.4, -0.2) is 8.80 Å². The Bertz CT molecular complexity index is 4920. The number of hydrogen-bond donors (Lipinski definition) is 0. The minimum absolute atomic E-state index is 0.00724. The fourth-order valence-electron chi connectivity index (χ4n) is 15.6. The van der Waals surface area contributed by atoms with Crippen LogP contribution in [0.2, 0.25) is 0 Å². The Morgan fingerprint density at radius 3 is 1.43 bits per heavy atom. The Morgan fingerprint density at radius 1 is 0.431 bits per heavy atom. The lowest BCUT2D eigenvalue weighted by molar-refractivity contribution is 0.592. The number of nitriles is 1. The standard InChI is InChI=1S/C68H40N4/c1-68(2,3)35-27-48-46-30-52-45(29-51(46)71-53-26-34(32-69)55-56-37-17-7-11-21-41(37)58(42-22-12-8-18-38(42)56)64(55)60(53)49(28-35)66(48)71)47-25-33-15-5-6-16-36(33)61-63-54(72(52)67(47)61)31-50(70-4)62-57-39-19-9-13-23-43(39)59(65(62)63)44-24-14-10-20-40(44)57/h5-31,56-59H,1-3H3. The van der Waals surface area contributed by atoms with E-state index < -0.39 is 0 Å². The molecule has 6 aliphatic carbocycles. The van der Waals surface area contributed by atoms with E-state index in [2.05, 4.69) is 204 Å². The number of hydrogen-bond acceptors (Lipinski definition) is 1. The van der Waals surface area contributed by atoms with Gasteiger partial charge in [-0.2, -0.15) is 5.26 Å². The van der Waals surface area contributed by atoms with E-state index in [-0.39, 0.29) is 29.1 Å². The maximum Gasteiger partial charge on any atom is 0.193 e. The zero-order valence-corrected chi connectivity index (χ0v) is 39.7. The SMILES string of the molecule is [C-]#[N+]c1cc2c(c3c1C1c4ccccc4C3c3ccccc31)c1c3ccccc3cc3c4cc5c(cc4n2c31)c1cc(C(C)(C)C)cc2c3c4c(c(C#N)cc3n5c12)C1c2ccccc2C4c2ccccc21. The quantitative estimate of drug-likeness (QED) is 0.140. The van der Waals surface area contributed by atoms with Crippen molar-refractivity contribution in [2.75, 3.05) is 0 Å². The molecule has 6 aliphatic rings. The fourth-order valence-corrected chi connectivity index (χ4v) is 15.6. The van der Waals surface area contributed by atoms with Crippen LogP contribution in [0.25, 0.3) is 91.8 Å². The molecule has 0 saturated carbocycles. The smallest absolute Gasteiger partial charge is 0.193 e. The van der Waals surface area contributed by atoms with E-state index >= 15 is 0 Å². The molecule has 0 saturated heterocycles. The molecule has 0 unspecified atom stereocenters.